The molecule has 1 aromatic carbocycles. The van der Waals surface area contributed by atoms with Gasteiger partial charge in [0.15, 0.2) is 0 Å². The van der Waals surface area contributed by atoms with Crippen molar-refractivity contribution in [2.75, 3.05) is 12.4 Å². The van der Waals surface area contributed by atoms with E-state index in [-0.39, 0.29) is 5.91 Å². The van der Waals surface area contributed by atoms with E-state index in [1.54, 1.807) is 4.90 Å². The quantitative estimate of drug-likeness (QED) is 0.724. The third-order valence-corrected chi connectivity index (χ3v) is 3.21. The summed E-state index contributed by atoms with van der Waals surface area (Å²) in [6.07, 6.45) is 1.22. The Labute approximate surface area is 113 Å². The molecule has 0 fully saturated rings. The summed E-state index contributed by atoms with van der Waals surface area (Å²) < 4.78 is 0. The predicted molar refractivity (Wildman–Crippen MR) is 72.5 cm³/mol. The molecular formula is C13H17Cl2NO. The Bertz CT molecular complexity index is 368. The van der Waals surface area contributed by atoms with E-state index in [2.05, 4.69) is 0 Å². The van der Waals surface area contributed by atoms with Gasteiger partial charge in [0.25, 0.3) is 0 Å². The molecule has 4 heteroatoms. The van der Waals surface area contributed by atoms with Gasteiger partial charge < -0.3 is 4.90 Å². The molecule has 0 spiro atoms. The maximum Gasteiger partial charge on any atom is 0.222 e. The van der Waals surface area contributed by atoms with Crippen LogP contribution in [0.4, 0.5) is 0 Å². The number of carbonyl (C=O) groups excluding carboxylic acids is 1. The third kappa shape index (κ3) is 4.57. The van der Waals surface area contributed by atoms with Crippen LogP contribution in [0.1, 0.15) is 25.3 Å². The fourth-order valence-electron chi connectivity index (χ4n) is 1.58. The average Bonchev–Trinajstić information content (AvgIpc) is 2.35. The van der Waals surface area contributed by atoms with E-state index in [1.807, 2.05) is 31.2 Å². The monoisotopic (exact) mass is 273 g/mol. The van der Waals surface area contributed by atoms with Gasteiger partial charge in [-0.2, -0.15) is 0 Å². The lowest BCUT2D eigenvalue weighted by atomic mass is 10.2. The molecule has 0 aromatic heterocycles. The Hall–Kier alpha value is -0.730. The Morgan fingerprint density at radius 3 is 2.65 bits per heavy atom. The molecule has 0 aliphatic heterocycles. The van der Waals surface area contributed by atoms with Gasteiger partial charge in [-0.3, -0.25) is 4.79 Å². The second-order valence-corrected chi connectivity index (χ2v) is 4.58. The van der Waals surface area contributed by atoms with E-state index in [1.165, 1.54) is 0 Å². The van der Waals surface area contributed by atoms with Crippen LogP contribution >= 0.6 is 23.2 Å². The van der Waals surface area contributed by atoms with Gasteiger partial charge >= 0.3 is 0 Å². The fraction of sp³-hybridized carbons (Fsp3) is 0.462. The first-order valence-corrected chi connectivity index (χ1v) is 6.67. The summed E-state index contributed by atoms with van der Waals surface area (Å²) in [5.41, 5.74) is 0.982. The van der Waals surface area contributed by atoms with Crippen LogP contribution in [-0.4, -0.2) is 23.2 Å². The van der Waals surface area contributed by atoms with E-state index in [9.17, 15) is 4.79 Å². The first kappa shape index (κ1) is 14.3. The predicted octanol–water partition coefficient (Wildman–Crippen LogP) is 3.71. The van der Waals surface area contributed by atoms with Crippen molar-refractivity contribution in [3.63, 3.8) is 0 Å². The Balaban J connectivity index is 2.63. The summed E-state index contributed by atoms with van der Waals surface area (Å²) in [7, 11) is 0. The molecule has 1 aromatic rings. The van der Waals surface area contributed by atoms with Crippen LogP contribution in [0.15, 0.2) is 24.3 Å². The minimum Gasteiger partial charge on any atom is -0.339 e. The normalized spacial score (nSPS) is 10.3. The van der Waals surface area contributed by atoms with Gasteiger partial charge in [0.05, 0.1) is 0 Å². The first-order chi connectivity index (χ1) is 8.19. The standard InChI is InChI=1S/C13H17Cl2NO/c1-2-16(13(17)8-5-9-14)10-11-6-3-4-7-12(11)15/h3-4,6-7H,2,5,8-10H2,1H3. The molecule has 0 atom stereocenters. The third-order valence-electron chi connectivity index (χ3n) is 2.58. The van der Waals surface area contributed by atoms with E-state index < -0.39 is 0 Å². The summed E-state index contributed by atoms with van der Waals surface area (Å²) in [5, 5.41) is 0.705. The van der Waals surface area contributed by atoms with Crippen molar-refractivity contribution in [3.8, 4) is 0 Å². The lowest BCUT2D eigenvalue weighted by Gasteiger charge is -2.21. The van der Waals surface area contributed by atoms with Crippen molar-refractivity contribution < 1.29 is 4.79 Å². The number of amides is 1. The molecule has 0 unspecified atom stereocenters. The molecule has 0 aliphatic carbocycles. The lowest BCUT2D eigenvalue weighted by Crippen LogP contribution is -2.30. The Morgan fingerprint density at radius 2 is 2.06 bits per heavy atom. The topological polar surface area (TPSA) is 20.3 Å². The molecule has 0 radical (unpaired) electrons. The maximum atomic E-state index is 11.9. The van der Waals surface area contributed by atoms with Crippen molar-refractivity contribution in [1.82, 2.24) is 4.90 Å². The molecule has 1 rings (SSSR count). The van der Waals surface area contributed by atoms with Crippen LogP contribution in [0.3, 0.4) is 0 Å². The molecule has 0 bridgehead atoms. The van der Waals surface area contributed by atoms with Gasteiger partial charge in [-0.25, -0.2) is 0 Å². The molecule has 0 N–H and O–H groups in total. The van der Waals surface area contributed by atoms with Crippen molar-refractivity contribution in [2.24, 2.45) is 0 Å². The summed E-state index contributed by atoms with van der Waals surface area (Å²) >= 11 is 11.7. The zero-order valence-corrected chi connectivity index (χ0v) is 11.5. The number of benzene rings is 1. The molecule has 94 valence electrons. The molecule has 0 saturated carbocycles. The van der Waals surface area contributed by atoms with Gasteiger partial charge in [-0.15, -0.1) is 11.6 Å². The highest BCUT2D eigenvalue weighted by Gasteiger charge is 2.12. The summed E-state index contributed by atoms with van der Waals surface area (Å²) in [5.74, 6) is 0.656. The van der Waals surface area contributed by atoms with Crippen LogP contribution in [0, 0.1) is 0 Å². The van der Waals surface area contributed by atoms with Crippen molar-refractivity contribution >= 4 is 29.1 Å². The van der Waals surface area contributed by atoms with E-state index >= 15 is 0 Å². The highest BCUT2D eigenvalue weighted by atomic mass is 35.5. The minimum absolute atomic E-state index is 0.132. The minimum atomic E-state index is 0.132. The molecule has 1 amide bonds. The summed E-state index contributed by atoms with van der Waals surface area (Å²) in [6.45, 7) is 3.22. The van der Waals surface area contributed by atoms with Crippen LogP contribution in [-0.2, 0) is 11.3 Å². The Kier molecular flexibility index (Phi) is 6.38. The molecule has 0 saturated heterocycles. The van der Waals surface area contributed by atoms with Gasteiger partial charge in [-0.1, -0.05) is 29.8 Å². The van der Waals surface area contributed by atoms with Crippen LogP contribution in [0.25, 0.3) is 0 Å². The van der Waals surface area contributed by atoms with E-state index in [0.29, 0.717) is 30.4 Å². The summed E-state index contributed by atoms with van der Waals surface area (Å²) in [4.78, 5) is 13.7. The van der Waals surface area contributed by atoms with Crippen molar-refractivity contribution in [1.29, 1.82) is 0 Å². The van der Waals surface area contributed by atoms with E-state index in [4.69, 9.17) is 23.2 Å². The maximum absolute atomic E-state index is 11.9. The number of hydrogen-bond donors (Lipinski definition) is 0. The van der Waals surface area contributed by atoms with Gasteiger partial charge in [0.2, 0.25) is 5.91 Å². The van der Waals surface area contributed by atoms with Crippen LogP contribution in [0.2, 0.25) is 5.02 Å². The fourth-order valence-corrected chi connectivity index (χ4v) is 1.91. The van der Waals surface area contributed by atoms with Crippen molar-refractivity contribution in [3.05, 3.63) is 34.9 Å². The zero-order valence-electron chi connectivity index (χ0n) is 9.96. The molecule has 0 aliphatic rings. The second-order valence-electron chi connectivity index (χ2n) is 3.79. The van der Waals surface area contributed by atoms with Gasteiger partial charge in [0, 0.05) is 30.4 Å². The zero-order chi connectivity index (χ0) is 12.7. The molecular weight excluding hydrogens is 257 g/mol. The number of nitrogens with zero attached hydrogens (tertiary/aromatic N) is 1. The number of alkyl halides is 1. The van der Waals surface area contributed by atoms with Crippen molar-refractivity contribution in [2.45, 2.75) is 26.3 Å². The average molecular weight is 274 g/mol. The highest BCUT2D eigenvalue weighted by Crippen LogP contribution is 2.17. The first-order valence-electron chi connectivity index (χ1n) is 5.76. The largest absolute Gasteiger partial charge is 0.339 e. The highest BCUT2D eigenvalue weighted by molar-refractivity contribution is 6.31. The van der Waals surface area contributed by atoms with Crippen LogP contribution < -0.4 is 0 Å². The van der Waals surface area contributed by atoms with Gasteiger partial charge in [0.1, 0.15) is 0 Å². The Morgan fingerprint density at radius 1 is 1.35 bits per heavy atom. The van der Waals surface area contributed by atoms with Gasteiger partial charge in [-0.05, 0) is 25.0 Å². The summed E-state index contributed by atoms with van der Waals surface area (Å²) in [6, 6.07) is 7.60. The SMILES string of the molecule is CCN(Cc1ccccc1Cl)C(=O)CCCCl. The molecule has 17 heavy (non-hydrogen) atoms. The number of hydrogen-bond acceptors (Lipinski definition) is 1. The number of carbonyl (C=O) groups is 1. The number of rotatable bonds is 6. The van der Waals surface area contributed by atoms with Crippen LogP contribution in [0.5, 0.6) is 0 Å². The number of halogens is 2. The molecule has 2 nitrogen and oxygen atoms in total. The molecule has 0 heterocycles. The smallest absolute Gasteiger partial charge is 0.222 e. The van der Waals surface area contributed by atoms with E-state index in [0.717, 1.165) is 12.0 Å². The lowest BCUT2D eigenvalue weighted by molar-refractivity contribution is -0.131. The second kappa shape index (κ2) is 7.57.